The van der Waals surface area contributed by atoms with E-state index in [4.69, 9.17) is 10.5 Å². The first-order valence-electron chi connectivity index (χ1n) is 5.31. The minimum absolute atomic E-state index is 0.155. The van der Waals surface area contributed by atoms with Crippen molar-refractivity contribution in [2.24, 2.45) is 5.73 Å². The number of nitrogens with two attached hydrogens (primary N) is 1. The number of amides is 1. The van der Waals surface area contributed by atoms with Crippen LogP contribution in [0.25, 0.3) is 0 Å². The van der Waals surface area contributed by atoms with E-state index >= 15 is 0 Å². The van der Waals surface area contributed by atoms with Gasteiger partial charge in [-0.2, -0.15) is 0 Å². The Morgan fingerprint density at radius 3 is 2.94 bits per heavy atom. The van der Waals surface area contributed by atoms with Crippen LogP contribution in [0.4, 0.5) is 5.69 Å². The number of methoxy groups -OCH3 is 1. The van der Waals surface area contributed by atoms with Crippen molar-refractivity contribution in [1.29, 1.82) is 0 Å². The van der Waals surface area contributed by atoms with E-state index in [-0.39, 0.29) is 5.91 Å². The molecule has 0 aliphatic heterocycles. The van der Waals surface area contributed by atoms with E-state index in [2.05, 4.69) is 5.32 Å². The van der Waals surface area contributed by atoms with Gasteiger partial charge in [-0.15, -0.1) is 0 Å². The van der Waals surface area contributed by atoms with Gasteiger partial charge in [-0.25, -0.2) is 0 Å². The number of anilines is 1. The molecule has 16 heavy (non-hydrogen) atoms. The molecule has 0 heterocycles. The quantitative estimate of drug-likeness (QED) is 0.793. The van der Waals surface area contributed by atoms with Crippen molar-refractivity contribution >= 4 is 11.6 Å². The molecule has 1 aromatic rings. The standard InChI is InChI=1S/C12H18N2O2/c1-3-11(13)12(15)14-10-6-4-5-9(7-10)8-16-2/h4-7,11H,3,8,13H2,1-2H3,(H,14,15). The Bertz CT molecular complexity index is 353. The molecule has 1 rings (SSSR count). The molecule has 0 aliphatic rings. The van der Waals surface area contributed by atoms with Crippen LogP contribution in [0.3, 0.4) is 0 Å². The minimum atomic E-state index is -0.453. The summed E-state index contributed by atoms with van der Waals surface area (Å²) < 4.78 is 5.02. The Hall–Kier alpha value is -1.39. The summed E-state index contributed by atoms with van der Waals surface area (Å²) in [4.78, 5) is 11.5. The lowest BCUT2D eigenvalue weighted by Gasteiger charge is -2.10. The summed E-state index contributed by atoms with van der Waals surface area (Å²) in [7, 11) is 1.64. The van der Waals surface area contributed by atoms with Gasteiger partial charge in [-0.05, 0) is 24.1 Å². The highest BCUT2D eigenvalue weighted by atomic mass is 16.5. The van der Waals surface area contributed by atoms with Crippen molar-refractivity contribution in [1.82, 2.24) is 0 Å². The van der Waals surface area contributed by atoms with Crippen molar-refractivity contribution in [3.8, 4) is 0 Å². The second kappa shape index (κ2) is 6.25. The number of hydrogen-bond donors (Lipinski definition) is 2. The lowest BCUT2D eigenvalue weighted by atomic mass is 10.2. The summed E-state index contributed by atoms with van der Waals surface area (Å²) in [5.74, 6) is -0.155. The Labute approximate surface area is 95.8 Å². The number of rotatable bonds is 5. The van der Waals surface area contributed by atoms with Crippen LogP contribution in [0.5, 0.6) is 0 Å². The maximum atomic E-state index is 11.5. The van der Waals surface area contributed by atoms with Gasteiger partial charge in [-0.1, -0.05) is 19.1 Å². The van der Waals surface area contributed by atoms with E-state index < -0.39 is 6.04 Å². The third kappa shape index (κ3) is 3.64. The summed E-state index contributed by atoms with van der Waals surface area (Å²) >= 11 is 0. The topological polar surface area (TPSA) is 64.4 Å². The highest BCUT2D eigenvalue weighted by Crippen LogP contribution is 2.11. The van der Waals surface area contributed by atoms with Gasteiger partial charge < -0.3 is 15.8 Å². The molecule has 1 amide bonds. The number of carbonyl (C=O) groups excluding carboxylic acids is 1. The molecule has 0 radical (unpaired) electrons. The van der Waals surface area contributed by atoms with Crippen molar-refractivity contribution in [2.75, 3.05) is 12.4 Å². The first kappa shape index (κ1) is 12.7. The Morgan fingerprint density at radius 1 is 1.56 bits per heavy atom. The van der Waals surface area contributed by atoms with Crippen molar-refractivity contribution in [2.45, 2.75) is 26.0 Å². The first-order valence-corrected chi connectivity index (χ1v) is 5.31. The normalized spacial score (nSPS) is 12.2. The minimum Gasteiger partial charge on any atom is -0.380 e. The van der Waals surface area contributed by atoms with Crippen LogP contribution in [-0.2, 0) is 16.1 Å². The molecule has 0 saturated heterocycles. The van der Waals surface area contributed by atoms with Gasteiger partial charge in [0, 0.05) is 12.8 Å². The summed E-state index contributed by atoms with van der Waals surface area (Å²) in [5, 5.41) is 2.77. The second-order valence-corrected chi connectivity index (χ2v) is 3.64. The van der Waals surface area contributed by atoms with Crippen LogP contribution in [0.1, 0.15) is 18.9 Å². The lowest BCUT2D eigenvalue weighted by molar-refractivity contribution is -0.117. The molecule has 4 nitrogen and oxygen atoms in total. The molecule has 1 unspecified atom stereocenters. The van der Waals surface area contributed by atoms with Gasteiger partial charge in [0.25, 0.3) is 0 Å². The van der Waals surface area contributed by atoms with E-state index in [0.717, 1.165) is 11.3 Å². The molecule has 0 spiro atoms. The van der Waals surface area contributed by atoms with Gasteiger partial charge in [-0.3, -0.25) is 4.79 Å². The lowest BCUT2D eigenvalue weighted by Crippen LogP contribution is -2.34. The average molecular weight is 222 g/mol. The zero-order valence-corrected chi connectivity index (χ0v) is 9.69. The summed E-state index contributed by atoms with van der Waals surface area (Å²) in [6.07, 6.45) is 0.629. The fraction of sp³-hybridized carbons (Fsp3) is 0.417. The SMILES string of the molecule is CCC(N)C(=O)Nc1cccc(COC)c1. The van der Waals surface area contributed by atoms with E-state index in [9.17, 15) is 4.79 Å². The van der Waals surface area contributed by atoms with Crippen LogP contribution in [0.15, 0.2) is 24.3 Å². The Kier molecular flexibility index (Phi) is 4.95. The van der Waals surface area contributed by atoms with Crippen LogP contribution < -0.4 is 11.1 Å². The van der Waals surface area contributed by atoms with Crippen LogP contribution >= 0.6 is 0 Å². The van der Waals surface area contributed by atoms with Crippen molar-refractivity contribution in [3.63, 3.8) is 0 Å². The fourth-order valence-corrected chi connectivity index (χ4v) is 1.33. The van der Waals surface area contributed by atoms with Gasteiger partial charge in [0.1, 0.15) is 0 Å². The molecule has 3 N–H and O–H groups in total. The molecular formula is C12H18N2O2. The van der Waals surface area contributed by atoms with Crippen molar-refractivity contribution < 1.29 is 9.53 Å². The molecule has 0 bridgehead atoms. The monoisotopic (exact) mass is 222 g/mol. The van der Waals surface area contributed by atoms with E-state index in [1.54, 1.807) is 7.11 Å². The van der Waals surface area contributed by atoms with Gasteiger partial charge in [0.05, 0.1) is 12.6 Å². The predicted octanol–water partition coefficient (Wildman–Crippen LogP) is 1.51. The maximum absolute atomic E-state index is 11.5. The zero-order valence-electron chi connectivity index (χ0n) is 9.69. The molecular weight excluding hydrogens is 204 g/mol. The number of benzene rings is 1. The molecule has 88 valence electrons. The number of hydrogen-bond acceptors (Lipinski definition) is 3. The van der Waals surface area contributed by atoms with Crippen LogP contribution in [-0.4, -0.2) is 19.1 Å². The third-order valence-corrected chi connectivity index (χ3v) is 2.28. The van der Waals surface area contributed by atoms with Gasteiger partial charge >= 0.3 is 0 Å². The Morgan fingerprint density at radius 2 is 2.31 bits per heavy atom. The van der Waals surface area contributed by atoms with Gasteiger partial charge in [0.15, 0.2) is 0 Å². The number of nitrogens with one attached hydrogen (secondary N) is 1. The molecule has 0 fully saturated rings. The van der Waals surface area contributed by atoms with Gasteiger partial charge in [0.2, 0.25) is 5.91 Å². The molecule has 0 aliphatic carbocycles. The average Bonchev–Trinajstić information content (AvgIpc) is 2.29. The van der Waals surface area contributed by atoms with Crippen molar-refractivity contribution in [3.05, 3.63) is 29.8 Å². The first-order chi connectivity index (χ1) is 7.67. The summed E-state index contributed by atoms with van der Waals surface area (Å²) in [5.41, 5.74) is 7.40. The molecule has 4 heteroatoms. The second-order valence-electron chi connectivity index (χ2n) is 3.64. The van der Waals surface area contributed by atoms with E-state index in [1.807, 2.05) is 31.2 Å². The maximum Gasteiger partial charge on any atom is 0.241 e. The molecule has 0 saturated carbocycles. The van der Waals surface area contributed by atoms with E-state index in [0.29, 0.717) is 13.0 Å². The number of ether oxygens (including phenoxy) is 1. The summed E-state index contributed by atoms with van der Waals surface area (Å²) in [6.45, 7) is 2.41. The highest BCUT2D eigenvalue weighted by molar-refractivity contribution is 5.94. The smallest absolute Gasteiger partial charge is 0.241 e. The summed E-state index contributed by atoms with van der Waals surface area (Å²) in [6, 6.07) is 7.08. The molecule has 1 atom stereocenters. The zero-order chi connectivity index (χ0) is 12.0. The highest BCUT2D eigenvalue weighted by Gasteiger charge is 2.10. The fourth-order valence-electron chi connectivity index (χ4n) is 1.33. The third-order valence-electron chi connectivity index (χ3n) is 2.28. The largest absolute Gasteiger partial charge is 0.380 e. The van der Waals surface area contributed by atoms with Crippen LogP contribution in [0, 0.1) is 0 Å². The molecule has 0 aromatic heterocycles. The van der Waals surface area contributed by atoms with E-state index in [1.165, 1.54) is 0 Å². The Balaban J connectivity index is 2.66. The predicted molar refractivity (Wildman–Crippen MR) is 64.1 cm³/mol. The van der Waals surface area contributed by atoms with Crippen LogP contribution in [0.2, 0.25) is 0 Å². The molecule has 1 aromatic carbocycles. The number of carbonyl (C=O) groups is 1.